The van der Waals surface area contributed by atoms with E-state index in [1.807, 2.05) is 19.2 Å². The molecule has 122 valence electrons. The van der Waals surface area contributed by atoms with E-state index in [0.29, 0.717) is 12.1 Å². The molecule has 1 saturated heterocycles. The molecule has 2 aromatic rings. The number of rotatable bonds is 4. The van der Waals surface area contributed by atoms with Crippen LogP contribution < -0.4 is 4.90 Å². The monoisotopic (exact) mass is 333 g/mol. The van der Waals surface area contributed by atoms with Gasteiger partial charge in [-0.05, 0) is 19.2 Å². The zero-order valence-corrected chi connectivity index (χ0v) is 14.2. The van der Waals surface area contributed by atoms with Gasteiger partial charge in [0.2, 0.25) is 0 Å². The van der Waals surface area contributed by atoms with E-state index >= 15 is 0 Å². The number of hydrogen-bond acceptors (Lipinski definition) is 6. The Hall–Kier alpha value is -1.73. The van der Waals surface area contributed by atoms with Crippen LogP contribution in [0.4, 0.5) is 10.2 Å². The summed E-state index contributed by atoms with van der Waals surface area (Å²) in [5, 5.41) is 0.807. The zero-order valence-electron chi connectivity index (χ0n) is 13.4. The topological polar surface area (TPSA) is 45.2 Å². The van der Waals surface area contributed by atoms with Gasteiger partial charge in [-0.3, -0.25) is 9.88 Å². The van der Waals surface area contributed by atoms with Crippen LogP contribution in [0.15, 0.2) is 29.7 Å². The minimum atomic E-state index is -0.231. The van der Waals surface area contributed by atoms with Crippen LogP contribution in [0.1, 0.15) is 11.3 Å². The third-order valence-corrected chi connectivity index (χ3v) is 4.50. The van der Waals surface area contributed by atoms with Gasteiger partial charge in [-0.15, -0.1) is 0 Å². The van der Waals surface area contributed by atoms with E-state index in [1.165, 1.54) is 6.20 Å². The van der Waals surface area contributed by atoms with Gasteiger partial charge in [0.15, 0.2) is 5.16 Å². The molecule has 0 unspecified atom stereocenters. The lowest BCUT2D eigenvalue weighted by atomic mass is 10.2. The second kappa shape index (κ2) is 7.23. The van der Waals surface area contributed by atoms with Gasteiger partial charge in [0.1, 0.15) is 11.6 Å². The largest absolute Gasteiger partial charge is 0.354 e. The first-order chi connectivity index (χ1) is 11.2. The third-order valence-electron chi connectivity index (χ3n) is 3.95. The molecule has 0 aromatic carbocycles. The Morgan fingerprint density at radius 2 is 2.00 bits per heavy atom. The highest BCUT2D eigenvalue weighted by Crippen LogP contribution is 2.19. The lowest BCUT2D eigenvalue weighted by molar-refractivity contribution is 0.246. The SMILES string of the molecule is CSc1nc(C)cc(N2CCN(Cc3ccncc3F)CC2)n1. The normalized spacial score (nSPS) is 15.9. The summed E-state index contributed by atoms with van der Waals surface area (Å²) < 4.78 is 13.7. The minimum Gasteiger partial charge on any atom is -0.354 e. The third kappa shape index (κ3) is 3.97. The Labute approximate surface area is 140 Å². The van der Waals surface area contributed by atoms with Gasteiger partial charge in [0.25, 0.3) is 0 Å². The summed E-state index contributed by atoms with van der Waals surface area (Å²) >= 11 is 1.56. The van der Waals surface area contributed by atoms with Crippen LogP contribution in [0.5, 0.6) is 0 Å². The average molecular weight is 333 g/mol. The number of hydrogen-bond donors (Lipinski definition) is 0. The van der Waals surface area contributed by atoms with Crippen LogP contribution in [0, 0.1) is 12.7 Å². The Morgan fingerprint density at radius 3 is 2.70 bits per heavy atom. The van der Waals surface area contributed by atoms with Gasteiger partial charge in [-0.25, -0.2) is 14.4 Å². The van der Waals surface area contributed by atoms with Gasteiger partial charge in [0, 0.05) is 56.2 Å². The molecular formula is C16H20FN5S. The van der Waals surface area contributed by atoms with Crippen LogP contribution in [0.3, 0.4) is 0 Å². The molecule has 3 heterocycles. The van der Waals surface area contributed by atoms with E-state index in [2.05, 4.69) is 24.8 Å². The molecule has 0 N–H and O–H groups in total. The Morgan fingerprint density at radius 1 is 1.22 bits per heavy atom. The number of nitrogens with zero attached hydrogens (tertiary/aromatic N) is 5. The second-order valence-corrected chi connectivity index (χ2v) is 6.36. The maximum absolute atomic E-state index is 13.7. The lowest BCUT2D eigenvalue weighted by Crippen LogP contribution is -2.46. The summed E-state index contributed by atoms with van der Waals surface area (Å²) in [6.45, 7) is 6.17. The molecule has 5 nitrogen and oxygen atoms in total. The van der Waals surface area contributed by atoms with Crippen LogP contribution in [0.25, 0.3) is 0 Å². The summed E-state index contributed by atoms with van der Waals surface area (Å²) in [4.78, 5) is 17.3. The number of aryl methyl sites for hydroxylation is 1. The number of piperazine rings is 1. The summed E-state index contributed by atoms with van der Waals surface area (Å²) in [6, 6.07) is 3.78. The Bertz CT molecular complexity index is 673. The summed E-state index contributed by atoms with van der Waals surface area (Å²) in [7, 11) is 0. The predicted molar refractivity (Wildman–Crippen MR) is 90.2 cm³/mol. The highest BCUT2D eigenvalue weighted by molar-refractivity contribution is 7.98. The summed E-state index contributed by atoms with van der Waals surface area (Å²) in [6.07, 6.45) is 4.90. The van der Waals surface area contributed by atoms with Gasteiger partial charge in [0.05, 0.1) is 6.20 Å². The standard InChI is InChI=1S/C16H20FN5S/c1-12-9-15(20-16(19-12)23-2)22-7-5-21(6-8-22)11-13-3-4-18-10-14(13)17/h3-4,9-10H,5-8,11H2,1-2H3. The van der Waals surface area contributed by atoms with Crippen LogP contribution in [-0.2, 0) is 6.54 Å². The average Bonchev–Trinajstić information content (AvgIpc) is 2.57. The lowest BCUT2D eigenvalue weighted by Gasteiger charge is -2.35. The van der Waals surface area contributed by atoms with E-state index in [0.717, 1.165) is 42.8 Å². The smallest absolute Gasteiger partial charge is 0.189 e. The van der Waals surface area contributed by atoms with E-state index in [1.54, 1.807) is 24.0 Å². The molecule has 0 bridgehead atoms. The molecule has 7 heteroatoms. The predicted octanol–water partition coefficient (Wildman–Crippen LogP) is 2.36. The van der Waals surface area contributed by atoms with Crippen molar-refractivity contribution in [3.05, 3.63) is 41.6 Å². The van der Waals surface area contributed by atoms with Crippen molar-refractivity contribution in [2.24, 2.45) is 0 Å². The summed E-state index contributed by atoms with van der Waals surface area (Å²) in [5.74, 6) is 0.752. The van der Waals surface area contributed by atoms with Gasteiger partial charge >= 0.3 is 0 Å². The molecule has 2 aromatic heterocycles. The second-order valence-electron chi connectivity index (χ2n) is 5.58. The van der Waals surface area contributed by atoms with E-state index in [-0.39, 0.29) is 5.82 Å². The fourth-order valence-corrected chi connectivity index (χ4v) is 3.11. The van der Waals surface area contributed by atoms with Crippen molar-refractivity contribution in [1.29, 1.82) is 0 Å². The van der Waals surface area contributed by atoms with E-state index in [9.17, 15) is 4.39 Å². The first-order valence-corrected chi connectivity index (χ1v) is 8.83. The van der Waals surface area contributed by atoms with Crippen molar-refractivity contribution in [2.45, 2.75) is 18.6 Å². The van der Waals surface area contributed by atoms with Crippen molar-refractivity contribution >= 4 is 17.6 Å². The van der Waals surface area contributed by atoms with Crippen molar-refractivity contribution < 1.29 is 4.39 Å². The maximum atomic E-state index is 13.7. The maximum Gasteiger partial charge on any atom is 0.189 e. The highest BCUT2D eigenvalue weighted by Gasteiger charge is 2.19. The molecule has 23 heavy (non-hydrogen) atoms. The van der Waals surface area contributed by atoms with Crippen molar-refractivity contribution in [2.75, 3.05) is 37.3 Å². The van der Waals surface area contributed by atoms with Gasteiger partial charge in [-0.2, -0.15) is 0 Å². The molecule has 3 rings (SSSR count). The Kier molecular flexibility index (Phi) is 5.07. The van der Waals surface area contributed by atoms with Gasteiger partial charge in [-0.1, -0.05) is 11.8 Å². The molecule has 0 radical (unpaired) electrons. The van der Waals surface area contributed by atoms with Crippen molar-refractivity contribution in [1.82, 2.24) is 19.9 Å². The first kappa shape index (κ1) is 16.1. The number of thioether (sulfide) groups is 1. The molecule has 0 saturated carbocycles. The number of halogens is 1. The van der Waals surface area contributed by atoms with Crippen LogP contribution >= 0.6 is 11.8 Å². The zero-order chi connectivity index (χ0) is 16.2. The fourth-order valence-electron chi connectivity index (χ4n) is 2.69. The molecule has 0 atom stereocenters. The minimum absolute atomic E-state index is 0.231. The number of aromatic nitrogens is 3. The summed E-state index contributed by atoms with van der Waals surface area (Å²) in [5.41, 5.74) is 1.69. The van der Waals surface area contributed by atoms with E-state index < -0.39 is 0 Å². The van der Waals surface area contributed by atoms with Crippen molar-refractivity contribution in [3.8, 4) is 0 Å². The fraction of sp³-hybridized carbons (Fsp3) is 0.438. The quantitative estimate of drug-likeness (QED) is 0.632. The highest BCUT2D eigenvalue weighted by atomic mass is 32.2. The van der Waals surface area contributed by atoms with Gasteiger partial charge < -0.3 is 4.90 Å². The molecule has 1 fully saturated rings. The number of anilines is 1. The van der Waals surface area contributed by atoms with Crippen LogP contribution in [0.2, 0.25) is 0 Å². The molecule has 0 spiro atoms. The molecule has 0 amide bonds. The molecule has 1 aliphatic rings. The Balaban J connectivity index is 1.62. The molecule has 0 aliphatic carbocycles. The van der Waals surface area contributed by atoms with Crippen molar-refractivity contribution in [3.63, 3.8) is 0 Å². The van der Waals surface area contributed by atoms with E-state index in [4.69, 9.17) is 0 Å². The van der Waals surface area contributed by atoms with Crippen LogP contribution in [-0.4, -0.2) is 52.3 Å². The molecular weight excluding hydrogens is 313 g/mol. The number of pyridine rings is 1. The first-order valence-electron chi connectivity index (χ1n) is 7.61. The molecule has 1 aliphatic heterocycles.